The smallest absolute Gasteiger partial charge is 0.267 e. The van der Waals surface area contributed by atoms with Gasteiger partial charge in [-0.2, -0.15) is 5.10 Å². The van der Waals surface area contributed by atoms with Crippen molar-refractivity contribution in [2.45, 2.75) is 18.4 Å². The van der Waals surface area contributed by atoms with Crippen molar-refractivity contribution < 1.29 is 13.2 Å². The molecule has 3 rings (SSSR count). The van der Waals surface area contributed by atoms with E-state index in [9.17, 15) is 13.2 Å². The number of pyridine rings is 1. The van der Waals surface area contributed by atoms with Gasteiger partial charge in [-0.1, -0.05) is 42.5 Å². The van der Waals surface area contributed by atoms with E-state index in [2.05, 4.69) is 20.2 Å². The third-order valence-corrected chi connectivity index (χ3v) is 5.58. The molecule has 1 amide bonds. The highest BCUT2D eigenvalue weighted by molar-refractivity contribution is 7.89. The summed E-state index contributed by atoms with van der Waals surface area (Å²) < 4.78 is 27.5. The molecule has 29 heavy (non-hydrogen) atoms. The van der Waals surface area contributed by atoms with Crippen LogP contribution in [0.3, 0.4) is 0 Å². The number of carbonyl (C=O) groups excluding carboxylic acids is 1. The first-order valence-corrected chi connectivity index (χ1v) is 10.3. The van der Waals surface area contributed by atoms with Gasteiger partial charge in [-0.15, -0.1) is 0 Å². The van der Waals surface area contributed by atoms with Gasteiger partial charge in [0, 0.05) is 24.5 Å². The lowest BCUT2D eigenvalue weighted by atomic mass is 10.1. The molecule has 0 aliphatic heterocycles. The highest BCUT2D eigenvalue weighted by Gasteiger charge is 2.14. The van der Waals surface area contributed by atoms with Crippen molar-refractivity contribution in [3.8, 4) is 0 Å². The van der Waals surface area contributed by atoms with E-state index in [1.165, 1.54) is 24.5 Å². The maximum Gasteiger partial charge on any atom is 0.271 e. The van der Waals surface area contributed by atoms with Gasteiger partial charge in [0.05, 0.1) is 10.6 Å². The predicted octanol–water partition coefficient (Wildman–Crippen LogP) is 2.71. The number of hydrogen-bond donors (Lipinski definition) is 2. The standard InChI is InChI=1S/C21H20N4O3S/c1-16(24-25-21(26)19-11-13-22-14-12-19)18-7-9-20(10-8-18)29(27,28)23-15-17-5-3-2-4-6-17/h2-14,23H,15H2,1H3,(H,25,26)/b24-16-. The first-order chi connectivity index (χ1) is 14.0. The summed E-state index contributed by atoms with van der Waals surface area (Å²) in [6.07, 6.45) is 3.05. The monoisotopic (exact) mass is 408 g/mol. The van der Waals surface area contributed by atoms with Crippen LogP contribution in [0.4, 0.5) is 0 Å². The lowest BCUT2D eigenvalue weighted by Crippen LogP contribution is -2.23. The quantitative estimate of drug-likeness (QED) is 0.464. The number of sulfonamides is 1. The molecule has 148 valence electrons. The first-order valence-electron chi connectivity index (χ1n) is 8.84. The van der Waals surface area contributed by atoms with Gasteiger partial charge in [0.15, 0.2) is 0 Å². The van der Waals surface area contributed by atoms with Crippen molar-refractivity contribution in [2.24, 2.45) is 5.10 Å². The molecular weight excluding hydrogens is 388 g/mol. The maximum atomic E-state index is 12.5. The topological polar surface area (TPSA) is 101 Å². The molecule has 0 atom stereocenters. The molecule has 0 aliphatic carbocycles. The van der Waals surface area contributed by atoms with Crippen molar-refractivity contribution in [1.82, 2.24) is 15.1 Å². The van der Waals surface area contributed by atoms with Gasteiger partial charge < -0.3 is 0 Å². The summed E-state index contributed by atoms with van der Waals surface area (Å²) in [6, 6.07) is 18.8. The molecule has 1 heterocycles. The van der Waals surface area contributed by atoms with E-state index in [1.807, 2.05) is 30.3 Å². The third kappa shape index (κ3) is 5.56. The van der Waals surface area contributed by atoms with Gasteiger partial charge in [-0.05, 0) is 42.3 Å². The molecule has 8 heteroatoms. The number of benzene rings is 2. The van der Waals surface area contributed by atoms with Crippen LogP contribution in [-0.4, -0.2) is 25.0 Å². The minimum absolute atomic E-state index is 0.158. The van der Waals surface area contributed by atoms with E-state index in [0.717, 1.165) is 5.56 Å². The molecule has 0 bridgehead atoms. The summed E-state index contributed by atoms with van der Waals surface area (Å²) in [5.74, 6) is -0.351. The van der Waals surface area contributed by atoms with Crippen LogP contribution in [0.25, 0.3) is 0 Å². The predicted molar refractivity (Wildman–Crippen MR) is 111 cm³/mol. The van der Waals surface area contributed by atoms with Crippen molar-refractivity contribution in [2.75, 3.05) is 0 Å². The largest absolute Gasteiger partial charge is 0.271 e. The van der Waals surface area contributed by atoms with Crippen LogP contribution >= 0.6 is 0 Å². The average molecular weight is 408 g/mol. The fourth-order valence-electron chi connectivity index (χ4n) is 2.50. The maximum absolute atomic E-state index is 12.5. The number of rotatable bonds is 7. The zero-order chi connectivity index (χ0) is 20.7. The fourth-order valence-corrected chi connectivity index (χ4v) is 3.52. The van der Waals surface area contributed by atoms with E-state index in [4.69, 9.17) is 0 Å². The summed E-state index contributed by atoms with van der Waals surface area (Å²) >= 11 is 0. The summed E-state index contributed by atoms with van der Waals surface area (Å²) in [7, 11) is -3.63. The average Bonchev–Trinajstić information content (AvgIpc) is 2.77. The third-order valence-electron chi connectivity index (χ3n) is 4.16. The second-order valence-corrected chi connectivity index (χ2v) is 7.98. The van der Waals surface area contributed by atoms with Crippen LogP contribution in [0, 0.1) is 0 Å². The second-order valence-electron chi connectivity index (χ2n) is 6.21. The van der Waals surface area contributed by atoms with Gasteiger partial charge in [-0.25, -0.2) is 18.6 Å². The van der Waals surface area contributed by atoms with Crippen molar-refractivity contribution in [1.29, 1.82) is 0 Å². The van der Waals surface area contributed by atoms with Crippen molar-refractivity contribution in [3.63, 3.8) is 0 Å². The Labute approximate surface area is 169 Å². The van der Waals surface area contributed by atoms with Crippen LogP contribution in [-0.2, 0) is 16.6 Å². The minimum Gasteiger partial charge on any atom is -0.267 e. The Hall–Kier alpha value is -3.36. The Kier molecular flexibility index (Phi) is 6.48. The number of aromatic nitrogens is 1. The van der Waals surface area contributed by atoms with Crippen molar-refractivity contribution in [3.05, 3.63) is 95.8 Å². The molecule has 0 saturated heterocycles. The second kappa shape index (κ2) is 9.22. The molecule has 7 nitrogen and oxygen atoms in total. The fraction of sp³-hybridized carbons (Fsp3) is 0.0952. The molecule has 1 aromatic heterocycles. The van der Waals surface area contributed by atoms with Gasteiger partial charge >= 0.3 is 0 Å². The van der Waals surface area contributed by atoms with E-state index < -0.39 is 10.0 Å². The Morgan fingerprint density at radius 2 is 1.59 bits per heavy atom. The van der Waals surface area contributed by atoms with Gasteiger partial charge in [0.1, 0.15) is 0 Å². The van der Waals surface area contributed by atoms with Crippen LogP contribution in [0.2, 0.25) is 0 Å². The molecule has 0 radical (unpaired) electrons. The van der Waals surface area contributed by atoms with Gasteiger partial charge in [-0.3, -0.25) is 9.78 Å². The lowest BCUT2D eigenvalue weighted by Gasteiger charge is -2.08. The SMILES string of the molecule is C/C(=N/NC(=O)c1ccncc1)c1ccc(S(=O)(=O)NCc2ccccc2)cc1. The van der Waals surface area contributed by atoms with Gasteiger partial charge in [0.25, 0.3) is 5.91 Å². The minimum atomic E-state index is -3.63. The zero-order valence-corrected chi connectivity index (χ0v) is 16.6. The Balaban J connectivity index is 1.64. The molecule has 0 aliphatic rings. The van der Waals surface area contributed by atoms with E-state index >= 15 is 0 Å². The summed E-state index contributed by atoms with van der Waals surface area (Å²) in [5, 5.41) is 4.07. The summed E-state index contributed by atoms with van der Waals surface area (Å²) in [4.78, 5) is 16.0. The lowest BCUT2D eigenvalue weighted by molar-refractivity contribution is 0.0954. The molecule has 2 N–H and O–H groups in total. The number of hydrazone groups is 1. The van der Waals surface area contributed by atoms with Gasteiger partial charge in [0.2, 0.25) is 10.0 Å². The van der Waals surface area contributed by atoms with Crippen LogP contribution in [0.15, 0.2) is 89.1 Å². The van der Waals surface area contributed by atoms with Crippen molar-refractivity contribution >= 4 is 21.6 Å². The zero-order valence-electron chi connectivity index (χ0n) is 15.7. The molecular formula is C21H20N4O3S. The summed E-state index contributed by atoms with van der Waals surface area (Å²) in [6.45, 7) is 1.94. The molecule has 2 aromatic carbocycles. The molecule has 0 saturated carbocycles. The highest BCUT2D eigenvalue weighted by Crippen LogP contribution is 2.12. The summed E-state index contributed by atoms with van der Waals surface area (Å²) in [5.41, 5.74) is 5.04. The molecule has 0 unspecified atom stereocenters. The first kappa shape index (κ1) is 20.4. The number of nitrogens with zero attached hydrogens (tertiary/aromatic N) is 2. The van der Waals surface area contributed by atoms with E-state index in [-0.39, 0.29) is 17.3 Å². The molecule has 0 spiro atoms. The number of nitrogens with one attached hydrogen (secondary N) is 2. The number of carbonyl (C=O) groups is 1. The molecule has 0 fully saturated rings. The Morgan fingerprint density at radius 1 is 0.931 bits per heavy atom. The Morgan fingerprint density at radius 3 is 2.24 bits per heavy atom. The Bertz CT molecular complexity index is 1100. The van der Waals surface area contributed by atoms with Crippen LogP contribution in [0.1, 0.15) is 28.4 Å². The van der Waals surface area contributed by atoms with E-state index in [1.54, 1.807) is 31.2 Å². The number of amides is 1. The normalized spacial score (nSPS) is 11.8. The van der Waals surface area contributed by atoms with Crippen LogP contribution in [0.5, 0.6) is 0 Å². The van der Waals surface area contributed by atoms with E-state index in [0.29, 0.717) is 16.8 Å². The highest BCUT2D eigenvalue weighted by atomic mass is 32.2. The number of hydrogen-bond acceptors (Lipinski definition) is 5. The molecule has 3 aromatic rings. The van der Waals surface area contributed by atoms with Crippen LogP contribution < -0.4 is 10.1 Å².